The van der Waals surface area contributed by atoms with E-state index in [4.69, 9.17) is 0 Å². The van der Waals surface area contributed by atoms with Crippen molar-refractivity contribution in [2.45, 2.75) is 6.42 Å². The van der Waals surface area contributed by atoms with E-state index in [1.54, 1.807) is 0 Å². The molecule has 7 nitrogen and oxygen atoms in total. The highest BCUT2D eigenvalue weighted by molar-refractivity contribution is 5.91. The summed E-state index contributed by atoms with van der Waals surface area (Å²) < 4.78 is 0. The summed E-state index contributed by atoms with van der Waals surface area (Å²) in [5.74, 6) is 0.480. The molecule has 3 rings (SSSR count). The summed E-state index contributed by atoms with van der Waals surface area (Å²) in [6, 6.07) is 7.75. The van der Waals surface area contributed by atoms with Gasteiger partial charge in [0.05, 0.1) is 17.2 Å². The van der Waals surface area contributed by atoms with Crippen molar-refractivity contribution >= 4 is 16.9 Å². The third-order valence-corrected chi connectivity index (χ3v) is 2.99. The van der Waals surface area contributed by atoms with Crippen molar-refractivity contribution in [3.63, 3.8) is 0 Å². The second-order valence-corrected chi connectivity index (χ2v) is 4.50. The molecule has 106 valence electrons. The average molecular weight is 283 g/mol. The molecule has 1 aromatic carbocycles. The number of nitrogens with one attached hydrogen (secondary N) is 3. The molecule has 2 aromatic heterocycles. The quantitative estimate of drug-likeness (QED) is 0.653. The lowest BCUT2D eigenvalue weighted by molar-refractivity contribution is 0.0948. The van der Waals surface area contributed by atoms with Crippen LogP contribution < -0.4 is 10.9 Å². The van der Waals surface area contributed by atoms with Gasteiger partial charge in [0.25, 0.3) is 11.5 Å². The van der Waals surface area contributed by atoms with E-state index in [-0.39, 0.29) is 17.2 Å². The van der Waals surface area contributed by atoms with Crippen LogP contribution in [0.1, 0.15) is 16.3 Å². The molecular weight excluding hydrogens is 270 g/mol. The number of nitrogens with zero attached hydrogens (tertiary/aromatic N) is 2. The van der Waals surface area contributed by atoms with Crippen LogP contribution >= 0.6 is 0 Å². The molecule has 0 radical (unpaired) electrons. The first-order valence-corrected chi connectivity index (χ1v) is 6.49. The molecule has 21 heavy (non-hydrogen) atoms. The lowest BCUT2D eigenvalue weighted by Gasteiger charge is -2.02. The van der Waals surface area contributed by atoms with Gasteiger partial charge in [-0.15, -0.1) is 0 Å². The minimum absolute atomic E-state index is 0.180. The molecular formula is C14H13N5O2. The number of rotatable bonds is 4. The zero-order valence-electron chi connectivity index (χ0n) is 11.1. The van der Waals surface area contributed by atoms with Crippen LogP contribution in [0.25, 0.3) is 11.0 Å². The van der Waals surface area contributed by atoms with Crippen LogP contribution in [0.3, 0.4) is 0 Å². The van der Waals surface area contributed by atoms with E-state index in [1.165, 1.54) is 6.20 Å². The molecule has 1 amide bonds. The predicted octanol–water partition coefficient (Wildman–Crippen LogP) is 0.619. The third kappa shape index (κ3) is 2.97. The summed E-state index contributed by atoms with van der Waals surface area (Å²) in [4.78, 5) is 36.4. The molecule has 7 heteroatoms. The van der Waals surface area contributed by atoms with Crippen LogP contribution in [-0.4, -0.2) is 32.4 Å². The molecule has 0 saturated carbocycles. The monoisotopic (exact) mass is 283 g/mol. The van der Waals surface area contributed by atoms with Gasteiger partial charge in [-0.3, -0.25) is 9.59 Å². The van der Waals surface area contributed by atoms with E-state index in [9.17, 15) is 9.59 Å². The molecule has 3 N–H and O–H groups in total. The Morgan fingerprint density at radius 3 is 2.90 bits per heavy atom. The lowest BCUT2D eigenvalue weighted by atomic mass is 10.3. The number of amides is 1. The van der Waals surface area contributed by atoms with Gasteiger partial charge in [0.15, 0.2) is 0 Å². The van der Waals surface area contributed by atoms with Crippen molar-refractivity contribution in [2.75, 3.05) is 6.54 Å². The van der Waals surface area contributed by atoms with Gasteiger partial charge in [-0.2, -0.15) is 0 Å². The van der Waals surface area contributed by atoms with Crippen LogP contribution in [0.4, 0.5) is 0 Å². The molecule has 0 spiro atoms. The summed E-state index contributed by atoms with van der Waals surface area (Å²) in [6.07, 6.45) is 2.96. The maximum atomic E-state index is 11.8. The highest BCUT2D eigenvalue weighted by Gasteiger charge is 2.07. The summed E-state index contributed by atoms with van der Waals surface area (Å²) in [6.45, 7) is 0.430. The Morgan fingerprint density at radius 1 is 1.29 bits per heavy atom. The number of para-hydroxylation sites is 2. The molecule has 2 heterocycles. The van der Waals surface area contributed by atoms with Crippen LogP contribution in [-0.2, 0) is 6.42 Å². The van der Waals surface area contributed by atoms with Gasteiger partial charge in [0, 0.05) is 19.2 Å². The standard InChI is InChI=1S/C14H13N5O2/c20-13-8-16-11(7-17-13)14(21)15-6-5-12-18-9-3-1-2-4-10(9)19-12/h1-4,7-8H,5-6H2,(H,15,21)(H,17,20)(H,18,19). The van der Waals surface area contributed by atoms with E-state index in [2.05, 4.69) is 25.3 Å². The van der Waals surface area contributed by atoms with Crippen molar-refractivity contribution in [1.29, 1.82) is 0 Å². The summed E-state index contributed by atoms with van der Waals surface area (Å²) in [5, 5.41) is 2.73. The van der Waals surface area contributed by atoms with Gasteiger partial charge < -0.3 is 15.3 Å². The molecule has 0 aliphatic heterocycles. The van der Waals surface area contributed by atoms with Crippen LogP contribution in [0.15, 0.2) is 41.5 Å². The van der Waals surface area contributed by atoms with Gasteiger partial charge in [-0.1, -0.05) is 12.1 Å². The fourth-order valence-electron chi connectivity index (χ4n) is 1.98. The van der Waals surface area contributed by atoms with Gasteiger partial charge in [-0.25, -0.2) is 9.97 Å². The van der Waals surface area contributed by atoms with Gasteiger partial charge in [-0.05, 0) is 12.1 Å². The van der Waals surface area contributed by atoms with Crippen molar-refractivity contribution < 1.29 is 4.79 Å². The fourth-order valence-corrected chi connectivity index (χ4v) is 1.98. The predicted molar refractivity (Wildman–Crippen MR) is 77.0 cm³/mol. The number of carbonyl (C=O) groups excluding carboxylic acids is 1. The zero-order chi connectivity index (χ0) is 14.7. The topological polar surface area (TPSA) is 104 Å². The smallest absolute Gasteiger partial charge is 0.271 e. The highest BCUT2D eigenvalue weighted by atomic mass is 16.2. The number of H-pyrrole nitrogens is 2. The summed E-state index contributed by atoms with van der Waals surface area (Å²) in [5.41, 5.74) is 1.72. The first-order chi connectivity index (χ1) is 10.2. The zero-order valence-corrected chi connectivity index (χ0v) is 11.1. The Labute approximate surface area is 119 Å². The first-order valence-electron chi connectivity index (χ1n) is 6.49. The second kappa shape index (κ2) is 5.58. The molecule has 0 bridgehead atoms. The number of imidazole rings is 1. The highest BCUT2D eigenvalue weighted by Crippen LogP contribution is 2.10. The molecule has 0 fully saturated rings. The number of aromatic nitrogens is 4. The summed E-state index contributed by atoms with van der Waals surface area (Å²) >= 11 is 0. The lowest BCUT2D eigenvalue weighted by Crippen LogP contribution is -2.27. The Kier molecular flexibility index (Phi) is 3.46. The van der Waals surface area contributed by atoms with Gasteiger partial charge >= 0.3 is 0 Å². The van der Waals surface area contributed by atoms with Crippen molar-refractivity contribution in [2.24, 2.45) is 0 Å². The number of carbonyl (C=O) groups is 1. The van der Waals surface area contributed by atoms with E-state index < -0.39 is 0 Å². The van der Waals surface area contributed by atoms with Gasteiger partial charge in [0.1, 0.15) is 11.5 Å². The van der Waals surface area contributed by atoms with Crippen LogP contribution in [0.2, 0.25) is 0 Å². The number of benzene rings is 1. The Hall–Kier alpha value is -2.96. The normalized spacial score (nSPS) is 10.7. The Balaban J connectivity index is 1.59. The average Bonchev–Trinajstić information content (AvgIpc) is 2.90. The molecule has 0 atom stereocenters. The van der Waals surface area contributed by atoms with E-state index >= 15 is 0 Å². The number of hydrogen-bond donors (Lipinski definition) is 3. The Bertz CT molecular complexity index is 783. The number of aromatic amines is 2. The van der Waals surface area contributed by atoms with Crippen molar-refractivity contribution in [1.82, 2.24) is 25.3 Å². The number of hydrogen-bond acceptors (Lipinski definition) is 4. The number of fused-ring (bicyclic) bond motifs is 1. The van der Waals surface area contributed by atoms with Gasteiger partial charge in [0.2, 0.25) is 0 Å². The first kappa shape index (κ1) is 13.0. The molecule has 0 aliphatic rings. The maximum absolute atomic E-state index is 11.8. The minimum atomic E-state index is -0.339. The molecule has 0 saturated heterocycles. The third-order valence-electron chi connectivity index (χ3n) is 2.99. The van der Waals surface area contributed by atoms with Crippen LogP contribution in [0, 0.1) is 0 Å². The van der Waals surface area contributed by atoms with E-state index in [0.29, 0.717) is 13.0 Å². The minimum Gasteiger partial charge on any atom is -0.350 e. The largest absolute Gasteiger partial charge is 0.350 e. The van der Waals surface area contributed by atoms with E-state index in [1.807, 2.05) is 24.3 Å². The molecule has 0 unspecified atom stereocenters. The second-order valence-electron chi connectivity index (χ2n) is 4.50. The van der Waals surface area contributed by atoms with Crippen LogP contribution in [0.5, 0.6) is 0 Å². The summed E-state index contributed by atoms with van der Waals surface area (Å²) in [7, 11) is 0. The molecule has 3 aromatic rings. The fraction of sp³-hybridized carbons (Fsp3) is 0.143. The van der Waals surface area contributed by atoms with E-state index in [0.717, 1.165) is 23.1 Å². The van der Waals surface area contributed by atoms with Crippen molar-refractivity contribution in [3.8, 4) is 0 Å². The maximum Gasteiger partial charge on any atom is 0.271 e. The molecule has 0 aliphatic carbocycles. The Morgan fingerprint density at radius 2 is 2.14 bits per heavy atom. The van der Waals surface area contributed by atoms with Crippen molar-refractivity contribution in [3.05, 3.63) is 58.5 Å². The SMILES string of the molecule is O=C(NCCc1nc2ccccc2[nH]1)c1c[nH]c(=O)cn1.